The zero-order valence-electron chi connectivity index (χ0n) is 14.5. The number of nitrogens with zero attached hydrogens (tertiary/aromatic N) is 1. The van der Waals surface area contributed by atoms with Crippen molar-refractivity contribution in [2.24, 2.45) is 0 Å². The molecule has 0 bridgehead atoms. The van der Waals surface area contributed by atoms with E-state index in [-0.39, 0.29) is 5.91 Å². The summed E-state index contributed by atoms with van der Waals surface area (Å²) in [5, 5.41) is 6.52. The maximum atomic E-state index is 12.8. The molecule has 0 unspecified atom stereocenters. The van der Waals surface area contributed by atoms with Crippen molar-refractivity contribution in [3.63, 3.8) is 0 Å². The van der Waals surface area contributed by atoms with Crippen molar-refractivity contribution in [2.45, 2.75) is 30.3 Å². The Morgan fingerprint density at radius 1 is 0.962 bits per heavy atom. The monoisotopic (exact) mass is 371 g/mol. The molecule has 26 heavy (non-hydrogen) atoms. The maximum Gasteiger partial charge on any atom is 0.255 e. The molecule has 0 saturated carbocycles. The quantitative estimate of drug-likeness (QED) is 0.849. The molecule has 0 radical (unpaired) electrons. The number of sulfonamides is 1. The number of rotatable bonds is 2. The normalized spacial score (nSPS) is 19.5. The summed E-state index contributed by atoms with van der Waals surface area (Å²) >= 11 is 0. The van der Waals surface area contributed by atoms with Crippen LogP contribution in [0.2, 0.25) is 0 Å². The number of hydrogen-bond acceptors (Lipinski definition) is 4. The molecule has 7 heteroatoms. The summed E-state index contributed by atoms with van der Waals surface area (Å²) in [7, 11) is -3.51. The van der Waals surface area contributed by atoms with Crippen LogP contribution in [0.4, 0.5) is 5.69 Å². The van der Waals surface area contributed by atoms with E-state index in [1.807, 2.05) is 19.1 Å². The predicted molar refractivity (Wildman–Crippen MR) is 99.4 cm³/mol. The highest BCUT2D eigenvalue weighted by Crippen LogP contribution is 2.34. The third kappa shape index (κ3) is 2.77. The molecular formula is C19H21N3O3S. The number of para-hydroxylation sites is 1. The first-order chi connectivity index (χ1) is 12.4. The molecule has 1 amide bonds. The molecule has 4 rings (SSSR count). The first-order valence-electron chi connectivity index (χ1n) is 8.67. The van der Waals surface area contributed by atoms with Gasteiger partial charge in [0.05, 0.1) is 16.1 Å². The fourth-order valence-corrected chi connectivity index (χ4v) is 5.14. The second-order valence-electron chi connectivity index (χ2n) is 6.88. The molecule has 0 atom stereocenters. The van der Waals surface area contributed by atoms with Gasteiger partial charge >= 0.3 is 0 Å². The average molecular weight is 371 g/mol. The molecule has 1 saturated heterocycles. The minimum Gasteiger partial charge on any atom is -0.362 e. The van der Waals surface area contributed by atoms with Gasteiger partial charge in [-0.15, -0.1) is 0 Å². The number of anilines is 1. The van der Waals surface area contributed by atoms with Gasteiger partial charge in [-0.3, -0.25) is 4.79 Å². The lowest BCUT2D eigenvalue weighted by atomic mass is 9.92. The van der Waals surface area contributed by atoms with Gasteiger partial charge in [-0.2, -0.15) is 4.31 Å². The van der Waals surface area contributed by atoms with Gasteiger partial charge in [-0.1, -0.05) is 30.3 Å². The van der Waals surface area contributed by atoms with Gasteiger partial charge in [0.1, 0.15) is 5.66 Å². The Morgan fingerprint density at radius 3 is 2.35 bits per heavy atom. The van der Waals surface area contributed by atoms with Crippen LogP contribution in [0.3, 0.4) is 0 Å². The number of piperidine rings is 1. The molecule has 2 aromatic rings. The van der Waals surface area contributed by atoms with E-state index in [1.165, 1.54) is 4.31 Å². The number of nitrogens with one attached hydrogen (secondary N) is 2. The number of carbonyl (C=O) groups excluding carboxylic acids is 1. The van der Waals surface area contributed by atoms with E-state index in [0.717, 1.165) is 11.3 Å². The summed E-state index contributed by atoms with van der Waals surface area (Å²) in [6.45, 7) is 2.67. The van der Waals surface area contributed by atoms with E-state index in [0.29, 0.717) is 36.4 Å². The van der Waals surface area contributed by atoms with Crippen molar-refractivity contribution < 1.29 is 13.2 Å². The number of carbonyl (C=O) groups is 1. The van der Waals surface area contributed by atoms with Crippen LogP contribution in [0.15, 0.2) is 53.4 Å². The molecule has 1 fully saturated rings. The number of aryl methyl sites for hydroxylation is 1. The van der Waals surface area contributed by atoms with Crippen molar-refractivity contribution >= 4 is 21.6 Å². The van der Waals surface area contributed by atoms with Crippen molar-refractivity contribution in [3.05, 3.63) is 59.7 Å². The van der Waals surface area contributed by atoms with Crippen molar-refractivity contribution in [2.75, 3.05) is 18.4 Å². The molecule has 2 aliphatic heterocycles. The second kappa shape index (κ2) is 6.10. The summed E-state index contributed by atoms with van der Waals surface area (Å²) < 4.78 is 27.1. The molecule has 2 aromatic carbocycles. The molecule has 0 aliphatic carbocycles. The highest BCUT2D eigenvalue weighted by Gasteiger charge is 2.42. The van der Waals surface area contributed by atoms with Crippen LogP contribution in [0.1, 0.15) is 28.8 Å². The summed E-state index contributed by atoms with van der Waals surface area (Å²) in [6, 6.07) is 14.1. The highest BCUT2D eigenvalue weighted by atomic mass is 32.2. The average Bonchev–Trinajstić information content (AvgIpc) is 2.64. The zero-order chi connectivity index (χ0) is 18.4. The summed E-state index contributed by atoms with van der Waals surface area (Å²) in [5.74, 6) is -0.109. The number of hydrogen-bond donors (Lipinski definition) is 2. The first-order valence-corrected chi connectivity index (χ1v) is 10.1. The highest BCUT2D eigenvalue weighted by molar-refractivity contribution is 7.89. The fraction of sp³-hybridized carbons (Fsp3) is 0.316. The SMILES string of the molecule is Cc1cccc2c1NC1(CCN(S(=O)(=O)c3ccccc3)CC1)NC2=O. The van der Waals surface area contributed by atoms with E-state index in [4.69, 9.17) is 0 Å². The number of amides is 1. The van der Waals surface area contributed by atoms with Crippen LogP contribution in [0.5, 0.6) is 0 Å². The van der Waals surface area contributed by atoms with Crippen molar-refractivity contribution in [3.8, 4) is 0 Å². The van der Waals surface area contributed by atoms with E-state index in [2.05, 4.69) is 10.6 Å². The van der Waals surface area contributed by atoms with Gasteiger partial charge < -0.3 is 10.6 Å². The van der Waals surface area contributed by atoms with Gasteiger partial charge in [-0.25, -0.2) is 8.42 Å². The third-order valence-corrected chi connectivity index (χ3v) is 7.10. The lowest BCUT2D eigenvalue weighted by Crippen LogP contribution is -2.62. The molecule has 1 spiro atoms. The number of fused-ring (bicyclic) bond motifs is 1. The lowest BCUT2D eigenvalue weighted by Gasteiger charge is -2.45. The van der Waals surface area contributed by atoms with Gasteiger partial charge in [0.25, 0.3) is 5.91 Å². The van der Waals surface area contributed by atoms with Gasteiger partial charge in [0, 0.05) is 25.9 Å². The largest absolute Gasteiger partial charge is 0.362 e. The van der Waals surface area contributed by atoms with Crippen LogP contribution in [-0.4, -0.2) is 37.4 Å². The summed E-state index contributed by atoms with van der Waals surface area (Å²) in [4.78, 5) is 12.8. The van der Waals surface area contributed by atoms with Gasteiger partial charge in [0.15, 0.2) is 0 Å². The van der Waals surface area contributed by atoms with E-state index >= 15 is 0 Å². The Hall–Kier alpha value is -2.38. The molecular weight excluding hydrogens is 350 g/mol. The molecule has 136 valence electrons. The minimum atomic E-state index is -3.51. The second-order valence-corrected chi connectivity index (χ2v) is 8.81. The molecule has 2 N–H and O–H groups in total. The first kappa shape index (κ1) is 17.1. The molecule has 0 aromatic heterocycles. The van der Waals surface area contributed by atoms with Crippen LogP contribution in [-0.2, 0) is 10.0 Å². The molecule has 2 heterocycles. The summed E-state index contributed by atoms with van der Waals surface area (Å²) in [5.41, 5.74) is 1.89. The molecule has 2 aliphatic rings. The van der Waals surface area contributed by atoms with Crippen LogP contribution in [0.25, 0.3) is 0 Å². The number of benzene rings is 2. The standard InChI is InChI=1S/C19H21N3O3S/c1-14-6-5-9-16-17(14)20-19(21-18(16)23)10-12-22(13-11-19)26(24,25)15-7-3-2-4-8-15/h2-9,20H,10-13H2,1H3,(H,21,23). The topological polar surface area (TPSA) is 78.5 Å². The Labute approximate surface area is 153 Å². The summed E-state index contributed by atoms with van der Waals surface area (Å²) in [6.07, 6.45) is 1.02. The van der Waals surface area contributed by atoms with Crippen molar-refractivity contribution in [1.82, 2.24) is 9.62 Å². The smallest absolute Gasteiger partial charge is 0.255 e. The Balaban J connectivity index is 1.56. The fourth-order valence-electron chi connectivity index (χ4n) is 3.68. The van der Waals surface area contributed by atoms with Gasteiger partial charge in [-0.05, 0) is 30.7 Å². The van der Waals surface area contributed by atoms with Crippen LogP contribution in [0, 0.1) is 6.92 Å². The van der Waals surface area contributed by atoms with E-state index < -0.39 is 15.7 Å². The Morgan fingerprint density at radius 2 is 1.65 bits per heavy atom. The van der Waals surface area contributed by atoms with Gasteiger partial charge in [0.2, 0.25) is 10.0 Å². The maximum absolute atomic E-state index is 12.8. The van der Waals surface area contributed by atoms with Crippen molar-refractivity contribution in [1.29, 1.82) is 0 Å². The Kier molecular flexibility index (Phi) is 4.00. The van der Waals surface area contributed by atoms with Crippen LogP contribution < -0.4 is 10.6 Å². The lowest BCUT2D eigenvalue weighted by molar-refractivity contribution is 0.0865. The molecule has 6 nitrogen and oxygen atoms in total. The van der Waals surface area contributed by atoms with E-state index in [1.54, 1.807) is 36.4 Å². The Bertz CT molecular complexity index is 949. The minimum absolute atomic E-state index is 0.109. The third-order valence-electron chi connectivity index (χ3n) is 5.19. The van der Waals surface area contributed by atoms with Crippen LogP contribution >= 0.6 is 0 Å². The zero-order valence-corrected chi connectivity index (χ0v) is 15.3. The van der Waals surface area contributed by atoms with E-state index in [9.17, 15) is 13.2 Å². The predicted octanol–water partition coefficient (Wildman–Crippen LogP) is 2.33.